The Kier molecular flexibility index (Phi) is 9.31. The second-order valence-electron chi connectivity index (χ2n) is 9.59. The van der Waals surface area contributed by atoms with Crippen molar-refractivity contribution < 1.29 is 24.2 Å². The molecule has 0 saturated heterocycles. The molecule has 42 heavy (non-hydrogen) atoms. The first-order chi connectivity index (χ1) is 20.5. The van der Waals surface area contributed by atoms with E-state index in [4.69, 9.17) is 9.47 Å². The Bertz CT molecular complexity index is 1660. The lowest BCUT2D eigenvalue weighted by atomic mass is 9.99. The molecule has 5 aromatic rings. The van der Waals surface area contributed by atoms with Crippen LogP contribution in [0.1, 0.15) is 21.5 Å². The molecule has 6 nitrogen and oxygen atoms in total. The number of carbonyl (C=O) groups is 2. The van der Waals surface area contributed by atoms with Gasteiger partial charge in [0.15, 0.2) is 0 Å². The highest BCUT2D eigenvalue weighted by Crippen LogP contribution is 2.33. The quantitative estimate of drug-likeness (QED) is 0.156. The van der Waals surface area contributed by atoms with E-state index in [2.05, 4.69) is 21.2 Å². The molecule has 0 aromatic heterocycles. The molecule has 1 amide bonds. The van der Waals surface area contributed by atoms with E-state index < -0.39 is 17.9 Å². The summed E-state index contributed by atoms with van der Waals surface area (Å²) in [6.07, 6.45) is 0.109. The summed E-state index contributed by atoms with van der Waals surface area (Å²) in [5.41, 5.74) is 3.80. The number of hydrogen-bond donors (Lipinski definition) is 2. The van der Waals surface area contributed by atoms with Gasteiger partial charge in [-0.2, -0.15) is 0 Å². The van der Waals surface area contributed by atoms with Gasteiger partial charge < -0.3 is 19.9 Å². The van der Waals surface area contributed by atoms with Crippen molar-refractivity contribution in [1.82, 2.24) is 5.32 Å². The smallest absolute Gasteiger partial charge is 0.326 e. The number of nitrogens with one attached hydrogen (secondary N) is 1. The van der Waals surface area contributed by atoms with Crippen molar-refractivity contribution in [2.75, 3.05) is 0 Å². The molecular weight excluding hydrogens is 594 g/mol. The minimum atomic E-state index is -1.14. The fourth-order valence-corrected chi connectivity index (χ4v) is 4.80. The predicted molar refractivity (Wildman–Crippen MR) is 166 cm³/mol. The molecule has 0 fully saturated rings. The Morgan fingerprint density at radius 1 is 0.738 bits per heavy atom. The van der Waals surface area contributed by atoms with E-state index in [-0.39, 0.29) is 18.6 Å². The Hall–Kier alpha value is -4.88. The third-order valence-corrected chi connectivity index (χ3v) is 7.08. The van der Waals surface area contributed by atoms with Crippen molar-refractivity contribution in [3.05, 3.63) is 149 Å². The molecule has 0 radical (unpaired) electrons. The van der Waals surface area contributed by atoms with E-state index in [1.54, 1.807) is 18.2 Å². The maximum atomic E-state index is 13.3. The highest BCUT2D eigenvalue weighted by Gasteiger charge is 2.23. The van der Waals surface area contributed by atoms with Crippen molar-refractivity contribution in [2.24, 2.45) is 0 Å². The van der Waals surface area contributed by atoms with Gasteiger partial charge in [-0.05, 0) is 53.1 Å². The molecule has 7 heteroatoms. The Labute approximate surface area is 252 Å². The Morgan fingerprint density at radius 3 is 2.12 bits per heavy atom. The van der Waals surface area contributed by atoms with E-state index in [1.165, 1.54) is 0 Å². The summed E-state index contributed by atoms with van der Waals surface area (Å²) in [4.78, 5) is 25.4. The van der Waals surface area contributed by atoms with Crippen molar-refractivity contribution in [1.29, 1.82) is 0 Å². The van der Waals surface area contributed by atoms with E-state index in [1.807, 2.05) is 109 Å². The van der Waals surface area contributed by atoms with Gasteiger partial charge in [0.1, 0.15) is 29.9 Å². The number of benzene rings is 5. The number of carboxylic acid groups (broad SMARTS) is 1. The maximum absolute atomic E-state index is 13.3. The molecule has 0 aliphatic carbocycles. The van der Waals surface area contributed by atoms with Crippen molar-refractivity contribution >= 4 is 27.8 Å². The van der Waals surface area contributed by atoms with Crippen LogP contribution in [0, 0.1) is 0 Å². The molecule has 210 valence electrons. The number of para-hydroxylation sites is 2. The Balaban J connectivity index is 1.29. The van der Waals surface area contributed by atoms with Gasteiger partial charge in [0, 0.05) is 16.5 Å². The van der Waals surface area contributed by atoms with Crippen LogP contribution in [0.25, 0.3) is 11.1 Å². The molecule has 5 aromatic carbocycles. The average Bonchev–Trinajstić information content (AvgIpc) is 3.02. The van der Waals surface area contributed by atoms with Crippen LogP contribution in [0.5, 0.6) is 17.2 Å². The van der Waals surface area contributed by atoms with E-state index in [0.717, 1.165) is 28.0 Å². The molecule has 0 saturated carbocycles. The summed E-state index contributed by atoms with van der Waals surface area (Å²) in [5.74, 6) is 0.155. The molecule has 0 bridgehead atoms. The first-order valence-electron chi connectivity index (χ1n) is 13.4. The lowest BCUT2D eigenvalue weighted by Gasteiger charge is -2.17. The van der Waals surface area contributed by atoms with Gasteiger partial charge in [-0.15, -0.1) is 0 Å². The van der Waals surface area contributed by atoms with Gasteiger partial charge in [-0.1, -0.05) is 107 Å². The minimum absolute atomic E-state index is 0.109. The second kappa shape index (κ2) is 13.7. The second-order valence-corrected chi connectivity index (χ2v) is 10.5. The maximum Gasteiger partial charge on any atom is 0.326 e. The topological polar surface area (TPSA) is 84.9 Å². The number of halogens is 1. The first kappa shape index (κ1) is 28.6. The van der Waals surface area contributed by atoms with Crippen LogP contribution >= 0.6 is 15.9 Å². The zero-order chi connectivity index (χ0) is 29.3. The van der Waals surface area contributed by atoms with Crippen molar-refractivity contribution in [3.8, 4) is 28.4 Å². The van der Waals surface area contributed by atoms with E-state index >= 15 is 0 Å². The summed E-state index contributed by atoms with van der Waals surface area (Å²) in [6.45, 7) is 0.275. The Morgan fingerprint density at radius 2 is 1.40 bits per heavy atom. The van der Waals surface area contributed by atoms with Crippen molar-refractivity contribution in [3.63, 3.8) is 0 Å². The number of carboxylic acids is 1. The van der Waals surface area contributed by atoms with Gasteiger partial charge in [0.25, 0.3) is 5.91 Å². The highest BCUT2D eigenvalue weighted by atomic mass is 79.9. The summed E-state index contributed by atoms with van der Waals surface area (Å²) in [6, 6.07) is 38.4. The molecule has 1 atom stereocenters. The molecular formula is C35H28BrNO5. The number of amides is 1. The SMILES string of the molecule is O=C(NC(Cc1ccc(-c2ccccc2Oc2ccccc2)cc1)C(=O)O)c1cc(Br)ccc1OCc1ccccc1. The summed E-state index contributed by atoms with van der Waals surface area (Å²) in [5, 5.41) is 12.6. The van der Waals surface area contributed by atoms with Gasteiger partial charge in [0.2, 0.25) is 0 Å². The average molecular weight is 623 g/mol. The van der Waals surface area contributed by atoms with Crippen LogP contribution < -0.4 is 14.8 Å². The zero-order valence-corrected chi connectivity index (χ0v) is 24.2. The number of aliphatic carboxylic acids is 1. The molecule has 0 aliphatic rings. The highest BCUT2D eigenvalue weighted by molar-refractivity contribution is 9.10. The number of hydrogen-bond acceptors (Lipinski definition) is 4. The lowest BCUT2D eigenvalue weighted by molar-refractivity contribution is -0.139. The summed E-state index contributed by atoms with van der Waals surface area (Å²) < 4.78 is 12.7. The number of ether oxygens (including phenoxy) is 2. The lowest BCUT2D eigenvalue weighted by Crippen LogP contribution is -2.42. The van der Waals surface area contributed by atoms with E-state index in [9.17, 15) is 14.7 Å². The number of rotatable bonds is 11. The van der Waals surface area contributed by atoms with E-state index in [0.29, 0.717) is 16.0 Å². The normalized spacial score (nSPS) is 11.4. The van der Waals surface area contributed by atoms with Gasteiger partial charge in [-0.3, -0.25) is 4.79 Å². The van der Waals surface area contributed by atoms with Crippen LogP contribution in [-0.2, 0) is 17.8 Å². The fourth-order valence-electron chi connectivity index (χ4n) is 4.44. The van der Waals surface area contributed by atoms with Gasteiger partial charge in [-0.25, -0.2) is 4.79 Å². The predicted octanol–water partition coefficient (Wildman–Crippen LogP) is 7.91. The third-order valence-electron chi connectivity index (χ3n) is 6.59. The minimum Gasteiger partial charge on any atom is -0.488 e. The molecule has 0 aliphatic heterocycles. The molecule has 1 unspecified atom stereocenters. The zero-order valence-electron chi connectivity index (χ0n) is 22.6. The fraction of sp³-hybridized carbons (Fsp3) is 0.0857. The number of carbonyl (C=O) groups excluding carboxylic acids is 1. The summed E-state index contributed by atoms with van der Waals surface area (Å²) >= 11 is 3.40. The van der Waals surface area contributed by atoms with Crippen LogP contribution in [0.2, 0.25) is 0 Å². The van der Waals surface area contributed by atoms with Crippen LogP contribution in [0.4, 0.5) is 0 Å². The largest absolute Gasteiger partial charge is 0.488 e. The molecule has 2 N–H and O–H groups in total. The van der Waals surface area contributed by atoms with Crippen LogP contribution in [0.15, 0.2) is 132 Å². The summed E-state index contributed by atoms with van der Waals surface area (Å²) in [7, 11) is 0. The third kappa shape index (κ3) is 7.44. The monoisotopic (exact) mass is 621 g/mol. The van der Waals surface area contributed by atoms with Crippen LogP contribution in [0.3, 0.4) is 0 Å². The first-order valence-corrected chi connectivity index (χ1v) is 14.2. The molecule has 0 spiro atoms. The van der Waals surface area contributed by atoms with Gasteiger partial charge in [0.05, 0.1) is 5.56 Å². The standard InChI is InChI=1S/C35H28BrNO5/c36-27-19-20-32(41-23-25-9-3-1-4-10-25)30(22-27)34(38)37-31(35(39)40)21-24-15-17-26(18-16-24)29-13-7-8-14-33(29)42-28-11-5-2-6-12-28/h1-20,22,31H,21,23H2,(H,37,38)(H,39,40). The van der Waals surface area contributed by atoms with Gasteiger partial charge >= 0.3 is 5.97 Å². The molecule has 0 heterocycles. The van der Waals surface area contributed by atoms with Crippen molar-refractivity contribution in [2.45, 2.75) is 19.1 Å². The molecule has 5 rings (SSSR count). The van der Waals surface area contributed by atoms with Crippen LogP contribution in [-0.4, -0.2) is 23.0 Å².